The van der Waals surface area contributed by atoms with Crippen molar-refractivity contribution in [2.45, 2.75) is 12.7 Å². The molecule has 2 rings (SSSR count). The number of anilines is 1. The first kappa shape index (κ1) is 19.2. The maximum Gasteiger partial charge on any atom is 0.421 e. The Balaban J connectivity index is 2.24. The van der Waals surface area contributed by atoms with Crippen LogP contribution in [0.25, 0.3) is 0 Å². The third-order valence-corrected chi connectivity index (χ3v) is 3.48. The first-order valence-electron chi connectivity index (χ1n) is 7.48. The predicted octanol–water partition coefficient (Wildman–Crippen LogP) is 2.21. The van der Waals surface area contributed by atoms with Gasteiger partial charge in [0.05, 0.1) is 11.3 Å². The third-order valence-electron chi connectivity index (χ3n) is 3.48. The molecule has 1 N–H and O–H groups in total. The van der Waals surface area contributed by atoms with Crippen LogP contribution in [0.4, 0.5) is 18.9 Å². The SMILES string of the molecule is CN(C)C(=O)c1ccccc1NC(=O)Cn1cccc(C(F)(F)F)c1=O. The summed E-state index contributed by atoms with van der Waals surface area (Å²) in [7, 11) is 3.09. The van der Waals surface area contributed by atoms with Crippen molar-refractivity contribution in [3.05, 3.63) is 64.1 Å². The van der Waals surface area contributed by atoms with Gasteiger partial charge in [0.1, 0.15) is 12.1 Å². The maximum atomic E-state index is 12.8. The Hall–Kier alpha value is -3.10. The summed E-state index contributed by atoms with van der Waals surface area (Å²) in [5, 5.41) is 2.45. The number of benzene rings is 1. The Labute approximate surface area is 146 Å². The number of carbonyl (C=O) groups excluding carboxylic acids is 2. The van der Waals surface area contributed by atoms with Crippen molar-refractivity contribution < 1.29 is 22.8 Å². The summed E-state index contributed by atoms with van der Waals surface area (Å²) < 4.78 is 39.0. The number of aromatic nitrogens is 1. The standard InChI is InChI=1S/C17H16F3N3O3/c1-22(2)15(25)11-6-3-4-8-13(11)21-14(24)10-23-9-5-7-12(16(23)26)17(18,19)20/h3-9H,10H2,1-2H3,(H,21,24). The molecule has 2 aromatic rings. The van der Waals surface area contributed by atoms with Crippen LogP contribution in [0.1, 0.15) is 15.9 Å². The van der Waals surface area contributed by atoms with Gasteiger partial charge in [0.25, 0.3) is 11.5 Å². The molecule has 9 heteroatoms. The van der Waals surface area contributed by atoms with Crippen LogP contribution in [0.15, 0.2) is 47.4 Å². The molecule has 6 nitrogen and oxygen atoms in total. The molecule has 2 amide bonds. The van der Waals surface area contributed by atoms with E-state index in [1.807, 2.05) is 0 Å². The van der Waals surface area contributed by atoms with E-state index in [2.05, 4.69) is 5.32 Å². The summed E-state index contributed by atoms with van der Waals surface area (Å²) in [6.45, 7) is -0.618. The monoisotopic (exact) mass is 367 g/mol. The number of para-hydroxylation sites is 1. The van der Waals surface area contributed by atoms with Crippen LogP contribution in [0.5, 0.6) is 0 Å². The van der Waals surface area contributed by atoms with Crippen LogP contribution >= 0.6 is 0 Å². The van der Waals surface area contributed by atoms with E-state index in [1.54, 1.807) is 26.2 Å². The molecule has 0 aliphatic heterocycles. The van der Waals surface area contributed by atoms with Crippen molar-refractivity contribution in [3.63, 3.8) is 0 Å². The second-order valence-electron chi connectivity index (χ2n) is 5.65. The third kappa shape index (κ3) is 4.29. The van der Waals surface area contributed by atoms with Gasteiger partial charge in [-0.15, -0.1) is 0 Å². The minimum atomic E-state index is -4.80. The lowest BCUT2D eigenvalue weighted by Crippen LogP contribution is -2.32. The largest absolute Gasteiger partial charge is 0.421 e. The number of rotatable bonds is 4. The highest BCUT2D eigenvalue weighted by atomic mass is 19.4. The summed E-state index contributed by atoms with van der Waals surface area (Å²) in [6.07, 6.45) is -3.71. The number of pyridine rings is 1. The summed E-state index contributed by atoms with van der Waals surface area (Å²) in [5.41, 5.74) is -2.23. The second-order valence-corrected chi connectivity index (χ2v) is 5.65. The minimum absolute atomic E-state index is 0.205. The highest BCUT2D eigenvalue weighted by Crippen LogP contribution is 2.26. The fourth-order valence-corrected chi connectivity index (χ4v) is 2.24. The molecule has 138 valence electrons. The van der Waals surface area contributed by atoms with E-state index >= 15 is 0 Å². The molecule has 0 aliphatic rings. The van der Waals surface area contributed by atoms with E-state index in [1.165, 1.54) is 17.0 Å². The van der Waals surface area contributed by atoms with E-state index in [0.29, 0.717) is 10.6 Å². The number of hydrogen-bond donors (Lipinski definition) is 1. The number of hydrogen-bond acceptors (Lipinski definition) is 3. The van der Waals surface area contributed by atoms with Gasteiger partial charge in [0, 0.05) is 20.3 Å². The van der Waals surface area contributed by atoms with Crippen LogP contribution in [0, 0.1) is 0 Å². The Morgan fingerprint density at radius 2 is 1.77 bits per heavy atom. The van der Waals surface area contributed by atoms with E-state index < -0.39 is 29.8 Å². The molecule has 0 atom stereocenters. The molecule has 26 heavy (non-hydrogen) atoms. The molecular formula is C17H16F3N3O3. The fourth-order valence-electron chi connectivity index (χ4n) is 2.24. The summed E-state index contributed by atoms with van der Waals surface area (Å²) in [5.74, 6) is -1.08. The van der Waals surface area contributed by atoms with Crippen molar-refractivity contribution in [1.82, 2.24) is 9.47 Å². The minimum Gasteiger partial charge on any atom is -0.345 e. The van der Waals surface area contributed by atoms with Crippen molar-refractivity contribution in [3.8, 4) is 0 Å². The van der Waals surface area contributed by atoms with Gasteiger partial charge in [-0.1, -0.05) is 12.1 Å². The lowest BCUT2D eigenvalue weighted by atomic mass is 10.1. The van der Waals surface area contributed by atoms with Gasteiger partial charge in [-0.3, -0.25) is 14.4 Å². The van der Waals surface area contributed by atoms with Crippen LogP contribution in [0.2, 0.25) is 0 Å². The molecule has 1 heterocycles. The first-order chi connectivity index (χ1) is 12.1. The Kier molecular flexibility index (Phi) is 5.49. The number of alkyl halides is 3. The lowest BCUT2D eigenvalue weighted by molar-refractivity contribution is -0.139. The molecule has 0 radical (unpaired) electrons. The molecule has 0 aliphatic carbocycles. The lowest BCUT2D eigenvalue weighted by Gasteiger charge is -2.15. The zero-order valence-corrected chi connectivity index (χ0v) is 14.0. The number of amides is 2. The van der Waals surface area contributed by atoms with Gasteiger partial charge in [0.2, 0.25) is 5.91 Å². The second kappa shape index (κ2) is 7.42. The van der Waals surface area contributed by atoms with E-state index in [-0.39, 0.29) is 17.2 Å². The van der Waals surface area contributed by atoms with Crippen LogP contribution in [0.3, 0.4) is 0 Å². The molecule has 0 saturated carbocycles. The smallest absolute Gasteiger partial charge is 0.345 e. The van der Waals surface area contributed by atoms with Gasteiger partial charge in [-0.25, -0.2) is 0 Å². The van der Waals surface area contributed by atoms with Crippen molar-refractivity contribution in [1.29, 1.82) is 0 Å². The zero-order valence-electron chi connectivity index (χ0n) is 14.0. The van der Waals surface area contributed by atoms with Crippen LogP contribution in [-0.2, 0) is 17.5 Å². The van der Waals surface area contributed by atoms with E-state index in [4.69, 9.17) is 0 Å². The Morgan fingerprint density at radius 3 is 2.38 bits per heavy atom. The van der Waals surface area contributed by atoms with Gasteiger partial charge in [0.15, 0.2) is 0 Å². The van der Waals surface area contributed by atoms with Crippen LogP contribution in [-0.4, -0.2) is 35.4 Å². The molecule has 1 aromatic carbocycles. The quantitative estimate of drug-likeness (QED) is 0.901. The van der Waals surface area contributed by atoms with E-state index in [0.717, 1.165) is 12.3 Å². The van der Waals surface area contributed by atoms with Crippen molar-refractivity contribution in [2.75, 3.05) is 19.4 Å². The van der Waals surface area contributed by atoms with Gasteiger partial charge in [-0.2, -0.15) is 13.2 Å². The summed E-state index contributed by atoms with van der Waals surface area (Å²) in [6, 6.07) is 7.91. The highest BCUT2D eigenvalue weighted by Gasteiger charge is 2.34. The average Bonchev–Trinajstić information content (AvgIpc) is 2.55. The summed E-state index contributed by atoms with van der Waals surface area (Å²) >= 11 is 0. The normalized spacial score (nSPS) is 11.1. The zero-order chi connectivity index (χ0) is 19.5. The molecule has 0 spiro atoms. The number of nitrogens with one attached hydrogen (secondary N) is 1. The Morgan fingerprint density at radius 1 is 1.12 bits per heavy atom. The predicted molar refractivity (Wildman–Crippen MR) is 88.8 cm³/mol. The van der Waals surface area contributed by atoms with Crippen molar-refractivity contribution >= 4 is 17.5 Å². The van der Waals surface area contributed by atoms with Gasteiger partial charge >= 0.3 is 6.18 Å². The van der Waals surface area contributed by atoms with Gasteiger partial charge in [-0.05, 0) is 24.3 Å². The van der Waals surface area contributed by atoms with Gasteiger partial charge < -0.3 is 14.8 Å². The molecule has 0 saturated heterocycles. The fraction of sp³-hybridized carbons (Fsp3) is 0.235. The first-order valence-corrected chi connectivity index (χ1v) is 7.48. The number of carbonyl (C=O) groups is 2. The Bertz CT molecular complexity index is 889. The average molecular weight is 367 g/mol. The molecule has 0 fully saturated rings. The van der Waals surface area contributed by atoms with Crippen molar-refractivity contribution in [2.24, 2.45) is 0 Å². The maximum absolute atomic E-state index is 12.8. The number of nitrogens with zero attached hydrogens (tertiary/aromatic N) is 2. The molecular weight excluding hydrogens is 351 g/mol. The molecule has 0 unspecified atom stereocenters. The number of halogens is 3. The van der Waals surface area contributed by atoms with E-state index in [9.17, 15) is 27.6 Å². The summed E-state index contributed by atoms with van der Waals surface area (Å²) in [4.78, 5) is 37.5. The topological polar surface area (TPSA) is 71.4 Å². The van der Waals surface area contributed by atoms with Crippen LogP contribution < -0.4 is 10.9 Å². The highest BCUT2D eigenvalue weighted by molar-refractivity contribution is 6.03. The molecule has 0 bridgehead atoms. The molecule has 1 aromatic heterocycles.